The Hall–Kier alpha value is -1.50. The standard InChI is InChI=1S/C13H14ClN3O2S/c1-2-19-8-7-11-16-17-13(20-11)15-12(18)9-5-3-4-6-10(9)14/h3-6H,2,7-8H2,1H3,(H,15,17,18). The van der Waals surface area contributed by atoms with Crippen LogP contribution in [0.2, 0.25) is 5.02 Å². The van der Waals surface area contributed by atoms with Gasteiger partial charge in [-0.15, -0.1) is 10.2 Å². The van der Waals surface area contributed by atoms with Gasteiger partial charge in [-0.3, -0.25) is 10.1 Å². The first-order chi connectivity index (χ1) is 9.70. The molecule has 0 radical (unpaired) electrons. The lowest BCUT2D eigenvalue weighted by molar-refractivity contribution is 0.102. The van der Waals surface area contributed by atoms with Crippen molar-refractivity contribution in [3.63, 3.8) is 0 Å². The van der Waals surface area contributed by atoms with E-state index in [0.717, 1.165) is 5.01 Å². The van der Waals surface area contributed by atoms with E-state index in [4.69, 9.17) is 16.3 Å². The average molecular weight is 312 g/mol. The summed E-state index contributed by atoms with van der Waals surface area (Å²) in [7, 11) is 0. The minimum absolute atomic E-state index is 0.289. The van der Waals surface area contributed by atoms with E-state index in [9.17, 15) is 4.79 Å². The lowest BCUT2D eigenvalue weighted by atomic mass is 10.2. The number of carbonyl (C=O) groups excluding carboxylic acids is 1. The maximum atomic E-state index is 12.0. The number of amides is 1. The average Bonchev–Trinajstić information content (AvgIpc) is 2.87. The Morgan fingerprint density at radius 3 is 2.95 bits per heavy atom. The SMILES string of the molecule is CCOCCc1nnc(NC(=O)c2ccccc2Cl)s1. The highest BCUT2D eigenvalue weighted by Crippen LogP contribution is 2.19. The van der Waals surface area contributed by atoms with Gasteiger partial charge in [-0.05, 0) is 19.1 Å². The van der Waals surface area contributed by atoms with Crippen LogP contribution in [0.15, 0.2) is 24.3 Å². The first-order valence-electron chi connectivity index (χ1n) is 6.16. The highest BCUT2D eigenvalue weighted by molar-refractivity contribution is 7.15. The van der Waals surface area contributed by atoms with Gasteiger partial charge in [0.15, 0.2) is 0 Å². The van der Waals surface area contributed by atoms with Crippen LogP contribution in [0.25, 0.3) is 0 Å². The molecule has 1 amide bonds. The van der Waals surface area contributed by atoms with Crippen LogP contribution in [0.3, 0.4) is 0 Å². The Bertz CT molecular complexity index is 589. The molecule has 7 heteroatoms. The van der Waals surface area contributed by atoms with Crippen molar-refractivity contribution in [3.05, 3.63) is 39.9 Å². The number of benzene rings is 1. The number of anilines is 1. The predicted octanol–water partition coefficient (Wildman–Crippen LogP) is 3.02. The number of ether oxygens (including phenoxy) is 1. The Morgan fingerprint density at radius 2 is 2.20 bits per heavy atom. The number of hydrogen-bond donors (Lipinski definition) is 1. The van der Waals surface area contributed by atoms with Gasteiger partial charge in [0.1, 0.15) is 5.01 Å². The minimum atomic E-state index is -0.289. The lowest BCUT2D eigenvalue weighted by Gasteiger charge is -2.02. The molecule has 0 aliphatic rings. The first-order valence-corrected chi connectivity index (χ1v) is 7.36. The fourth-order valence-electron chi connectivity index (χ4n) is 1.52. The van der Waals surface area contributed by atoms with Crippen LogP contribution in [0, 0.1) is 0 Å². The Balaban J connectivity index is 1.97. The molecule has 0 bridgehead atoms. The van der Waals surface area contributed by atoms with E-state index in [-0.39, 0.29) is 5.91 Å². The van der Waals surface area contributed by atoms with Crippen molar-refractivity contribution in [1.82, 2.24) is 10.2 Å². The van der Waals surface area contributed by atoms with Crippen molar-refractivity contribution in [3.8, 4) is 0 Å². The molecule has 0 saturated heterocycles. The van der Waals surface area contributed by atoms with Crippen molar-refractivity contribution in [2.24, 2.45) is 0 Å². The van der Waals surface area contributed by atoms with Gasteiger partial charge >= 0.3 is 0 Å². The van der Waals surface area contributed by atoms with Crippen molar-refractivity contribution in [1.29, 1.82) is 0 Å². The molecule has 1 heterocycles. The van der Waals surface area contributed by atoms with Gasteiger partial charge in [0, 0.05) is 13.0 Å². The smallest absolute Gasteiger partial charge is 0.259 e. The monoisotopic (exact) mass is 311 g/mol. The largest absolute Gasteiger partial charge is 0.381 e. The summed E-state index contributed by atoms with van der Waals surface area (Å²) in [5.41, 5.74) is 0.417. The molecule has 2 aromatic rings. The van der Waals surface area contributed by atoms with Crippen LogP contribution in [0.4, 0.5) is 5.13 Å². The summed E-state index contributed by atoms with van der Waals surface area (Å²) >= 11 is 7.30. The number of rotatable bonds is 6. The van der Waals surface area contributed by atoms with Crippen molar-refractivity contribution < 1.29 is 9.53 Å². The number of hydrogen-bond acceptors (Lipinski definition) is 5. The van der Waals surface area contributed by atoms with Crippen LogP contribution in [0.5, 0.6) is 0 Å². The molecule has 0 aliphatic heterocycles. The molecule has 1 N–H and O–H groups in total. The maximum absolute atomic E-state index is 12.0. The van der Waals surface area contributed by atoms with Gasteiger partial charge in [-0.25, -0.2) is 0 Å². The molecule has 0 fully saturated rings. The summed E-state index contributed by atoms with van der Waals surface area (Å²) in [5, 5.41) is 12.3. The van der Waals surface area contributed by atoms with Crippen molar-refractivity contribution in [2.75, 3.05) is 18.5 Å². The predicted molar refractivity (Wildman–Crippen MR) is 79.5 cm³/mol. The third-order valence-electron chi connectivity index (χ3n) is 2.47. The molecule has 0 atom stereocenters. The Labute approximate surface area is 125 Å². The zero-order valence-corrected chi connectivity index (χ0v) is 12.5. The zero-order chi connectivity index (χ0) is 14.4. The number of nitrogens with one attached hydrogen (secondary N) is 1. The summed E-state index contributed by atoms with van der Waals surface area (Å²) in [4.78, 5) is 12.0. The number of carbonyl (C=O) groups is 1. The molecule has 20 heavy (non-hydrogen) atoms. The van der Waals surface area contributed by atoms with E-state index in [1.54, 1.807) is 24.3 Å². The van der Waals surface area contributed by atoms with Crippen molar-refractivity contribution >= 4 is 34.0 Å². The first kappa shape index (κ1) is 14.9. The molecular formula is C13H14ClN3O2S. The number of halogens is 1. The molecule has 0 spiro atoms. The lowest BCUT2D eigenvalue weighted by Crippen LogP contribution is -2.12. The highest BCUT2D eigenvalue weighted by Gasteiger charge is 2.12. The second-order valence-corrected chi connectivity index (χ2v) is 5.35. The number of aromatic nitrogens is 2. The fraction of sp³-hybridized carbons (Fsp3) is 0.308. The maximum Gasteiger partial charge on any atom is 0.259 e. The molecular weight excluding hydrogens is 298 g/mol. The van der Waals surface area contributed by atoms with Gasteiger partial charge in [0.2, 0.25) is 5.13 Å². The fourth-order valence-corrected chi connectivity index (χ4v) is 2.46. The van der Waals surface area contributed by atoms with E-state index in [0.29, 0.717) is 35.4 Å². The van der Waals surface area contributed by atoms with Crippen LogP contribution >= 0.6 is 22.9 Å². The minimum Gasteiger partial charge on any atom is -0.381 e. The van der Waals surface area contributed by atoms with Gasteiger partial charge in [-0.2, -0.15) is 0 Å². The molecule has 106 valence electrons. The third kappa shape index (κ3) is 4.00. The Kier molecular flexibility index (Phi) is 5.46. The summed E-state index contributed by atoms with van der Waals surface area (Å²) in [6.07, 6.45) is 0.688. The summed E-state index contributed by atoms with van der Waals surface area (Å²) in [6.45, 7) is 3.22. The van der Waals surface area contributed by atoms with E-state index >= 15 is 0 Å². The topological polar surface area (TPSA) is 64.1 Å². The van der Waals surface area contributed by atoms with E-state index in [1.807, 2.05) is 6.92 Å². The second kappa shape index (κ2) is 7.33. The molecule has 1 aromatic carbocycles. The molecule has 5 nitrogen and oxygen atoms in total. The zero-order valence-electron chi connectivity index (χ0n) is 10.9. The molecule has 2 rings (SSSR count). The van der Waals surface area contributed by atoms with Crippen molar-refractivity contribution in [2.45, 2.75) is 13.3 Å². The Morgan fingerprint density at radius 1 is 1.40 bits per heavy atom. The van der Waals surface area contributed by atoms with Gasteiger partial charge in [0.25, 0.3) is 5.91 Å². The quantitative estimate of drug-likeness (QED) is 0.833. The van der Waals surface area contributed by atoms with Crippen LogP contribution in [0.1, 0.15) is 22.3 Å². The summed E-state index contributed by atoms with van der Waals surface area (Å²) in [5.74, 6) is -0.289. The highest BCUT2D eigenvalue weighted by atomic mass is 35.5. The van der Waals surface area contributed by atoms with Gasteiger partial charge in [-0.1, -0.05) is 35.1 Å². The van der Waals surface area contributed by atoms with Gasteiger partial charge in [0.05, 0.1) is 17.2 Å². The molecule has 0 aliphatic carbocycles. The molecule has 0 saturated carbocycles. The summed E-state index contributed by atoms with van der Waals surface area (Å²) < 4.78 is 5.25. The second-order valence-electron chi connectivity index (χ2n) is 3.88. The molecule has 1 aromatic heterocycles. The molecule has 0 unspecified atom stereocenters. The van der Waals surface area contributed by atoms with Gasteiger partial charge < -0.3 is 4.74 Å². The number of nitrogens with zero attached hydrogens (tertiary/aromatic N) is 2. The van der Waals surface area contributed by atoms with E-state index in [1.165, 1.54) is 11.3 Å². The van der Waals surface area contributed by atoms with Crippen LogP contribution in [-0.2, 0) is 11.2 Å². The van der Waals surface area contributed by atoms with Crippen LogP contribution in [-0.4, -0.2) is 29.3 Å². The van der Waals surface area contributed by atoms with E-state index in [2.05, 4.69) is 15.5 Å². The van der Waals surface area contributed by atoms with Crippen LogP contribution < -0.4 is 5.32 Å². The normalized spacial score (nSPS) is 10.5. The summed E-state index contributed by atoms with van der Waals surface area (Å²) in [6, 6.07) is 6.86. The third-order valence-corrected chi connectivity index (χ3v) is 3.70. The van der Waals surface area contributed by atoms with E-state index < -0.39 is 0 Å².